The Hall–Kier alpha value is -3.40. The van der Waals surface area contributed by atoms with Crippen LogP contribution in [-0.4, -0.2) is 47.9 Å². The number of aromatic nitrogens is 1. The molecule has 148 valence electrons. The van der Waals surface area contributed by atoms with Crippen molar-refractivity contribution >= 4 is 17.6 Å². The number of pyridine rings is 1. The minimum atomic E-state index is -0.205. The molecule has 2 aliphatic rings. The van der Waals surface area contributed by atoms with Crippen molar-refractivity contribution in [3.8, 4) is 6.07 Å². The van der Waals surface area contributed by atoms with E-state index in [9.17, 15) is 9.59 Å². The Morgan fingerprint density at radius 2 is 1.93 bits per heavy atom. The molecule has 1 N–H and O–H groups in total. The van der Waals surface area contributed by atoms with Crippen molar-refractivity contribution in [2.75, 3.05) is 31.1 Å². The topological polar surface area (TPSA) is 89.3 Å². The first-order valence-corrected chi connectivity index (χ1v) is 9.78. The van der Waals surface area contributed by atoms with Crippen LogP contribution in [0.15, 0.2) is 48.5 Å². The first-order valence-electron chi connectivity index (χ1n) is 9.78. The lowest BCUT2D eigenvalue weighted by atomic mass is 9.89. The fraction of sp³-hybridized carbons (Fsp3) is 0.364. The van der Waals surface area contributed by atoms with Gasteiger partial charge in [0.25, 0.3) is 0 Å². The van der Waals surface area contributed by atoms with Crippen LogP contribution in [0.4, 0.5) is 5.82 Å². The van der Waals surface area contributed by atoms with Crippen LogP contribution < -0.4 is 10.2 Å². The molecule has 1 aromatic carbocycles. The lowest BCUT2D eigenvalue weighted by Gasteiger charge is -2.30. The highest BCUT2D eigenvalue weighted by molar-refractivity contribution is 5.84. The molecule has 2 amide bonds. The van der Waals surface area contributed by atoms with Crippen LogP contribution in [0.5, 0.6) is 0 Å². The van der Waals surface area contributed by atoms with Crippen LogP contribution in [0.1, 0.15) is 24.2 Å². The van der Waals surface area contributed by atoms with E-state index in [-0.39, 0.29) is 30.3 Å². The number of benzene rings is 1. The van der Waals surface area contributed by atoms with Crippen LogP contribution in [0.25, 0.3) is 0 Å². The molecule has 29 heavy (non-hydrogen) atoms. The Bertz CT molecular complexity index is 955. The third-order valence-corrected chi connectivity index (χ3v) is 5.79. The van der Waals surface area contributed by atoms with Gasteiger partial charge in [0.2, 0.25) is 11.8 Å². The summed E-state index contributed by atoms with van der Waals surface area (Å²) in [5, 5.41) is 11.8. The molecule has 2 fully saturated rings. The van der Waals surface area contributed by atoms with Gasteiger partial charge in [0.1, 0.15) is 17.6 Å². The molecule has 2 aromatic rings. The number of carbonyl (C=O) groups excluding carboxylic acids is 2. The predicted molar refractivity (Wildman–Crippen MR) is 108 cm³/mol. The molecule has 3 atom stereocenters. The van der Waals surface area contributed by atoms with Crippen molar-refractivity contribution in [3.05, 3.63) is 59.8 Å². The molecule has 0 aliphatic carbocycles. The van der Waals surface area contributed by atoms with Crippen molar-refractivity contribution in [3.63, 3.8) is 0 Å². The normalized spacial score (nSPS) is 22.8. The van der Waals surface area contributed by atoms with Crippen molar-refractivity contribution in [2.45, 2.75) is 13.0 Å². The Kier molecular flexibility index (Phi) is 5.17. The summed E-state index contributed by atoms with van der Waals surface area (Å²) in [5.41, 5.74) is 1.52. The first-order chi connectivity index (χ1) is 14.1. The number of anilines is 1. The smallest absolute Gasteiger partial charge is 0.242 e. The summed E-state index contributed by atoms with van der Waals surface area (Å²) >= 11 is 0. The second-order valence-electron chi connectivity index (χ2n) is 7.63. The lowest BCUT2D eigenvalue weighted by Crippen LogP contribution is -2.41. The zero-order valence-electron chi connectivity index (χ0n) is 16.3. The number of hydrogen-bond donors (Lipinski definition) is 1. The summed E-state index contributed by atoms with van der Waals surface area (Å²) in [6.07, 6.45) is 0. The second kappa shape index (κ2) is 7.92. The number of amides is 2. The Morgan fingerprint density at radius 3 is 2.66 bits per heavy atom. The van der Waals surface area contributed by atoms with Crippen LogP contribution in [-0.2, 0) is 9.59 Å². The number of nitriles is 1. The maximum absolute atomic E-state index is 12.8. The van der Waals surface area contributed by atoms with E-state index in [0.29, 0.717) is 18.2 Å². The van der Waals surface area contributed by atoms with Crippen molar-refractivity contribution in [1.82, 2.24) is 15.2 Å². The molecular formula is C22H23N5O2. The highest BCUT2D eigenvalue weighted by Gasteiger charge is 2.49. The van der Waals surface area contributed by atoms with Crippen LogP contribution in [0.2, 0.25) is 0 Å². The number of nitrogens with one attached hydrogen (secondary N) is 1. The monoisotopic (exact) mass is 389 g/mol. The molecule has 2 aliphatic heterocycles. The van der Waals surface area contributed by atoms with Gasteiger partial charge in [-0.05, 0) is 17.7 Å². The number of fused-ring (bicyclic) bond motifs is 1. The first kappa shape index (κ1) is 18.9. The summed E-state index contributed by atoms with van der Waals surface area (Å²) in [5.74, 6) is 1.13. The molecule has 0 spiro atoms. The highest BCUT2D eigenvalue weighted by atomic mass is 16.2. The average molecular weight is 389 g/mol. The zero-order chi connectivity index (χ0) is 20.4. The van der Waals surface area contributed by atoms with Gasteiger partial charge in [-0.1, -0.05) is 36.4 Å². The van der Waals surface area contributed by atoms with Gasteiger partial charge >= 0.3 is 0 Å². The summed E-state index contributed by atoms with van der Waals surface area (Å²) < 4.78 is 0. The number of carbonyl (C=O) groups is 2. The Labute approximate surface area is 169 Å². The molecule has 7 nitrogen and oxygen atoms in total. The quantitative estimate of drug-likeness (QED) is 0.860. The molecular weight excluding hydrogens is 366 g/mol. The van der Waals surface area contributed by atoms with Gasteiger partial charge in [-0.2, -0.15) is 5.26 Å². The number of nitrogens with zero attached hydrogens (tertiary/aromatic N) is 4. The third kappa shape index (κ3) is 3.79. The highest BCUT2D eigenvalue weighted by Crippen LogP contribution is 2.45. The molecule has 2 saturated heterocycles. The minimum absolute atomic E-state index is 0.0214. The van der Waals surface area contributed by atoms with Gasteiger partial charge in [0.15, 0.2) is 0 Å². The summed E-state index contributed by atoms with van der Waals surface area (Å²) in [6, 6.07) is 17.6. The van der Waals surface area contributed by atoms with Crippen molar-refractivity contribution < 1.29 is 9.59 Å². The number of rotatable bonds is 4. The fourth-order valence-corrected chi connectivity index (χ4v) is 4.53. The van der Waals surface area contributed by atoms with Crippen molar-refractivity contribution in [2.24, 2.45) is 11.8 Å². The minimum Gasteiger partial charge on any atom is -0.356 e. The Balaban J connectivity index is 1.58. The number of hydrogen-bond acceptors (Lipinski definition) is 5. The zero-order valence-corrected chi connectivity index (χ0v) is 16.3. The van der Waals surface area contributed by atoms with Crippen molar-refractivity contribution in [1.29, 1.82) is 5.26 Å². The van der Waals surface area contributed by atoms with Gasteiger partial charge in [-0.15, -0.1) is 0 Å². The average Bonchev–Trinajstić information content (AvgIpc) is 3.30. The van der Waals surface area contributed by atoms with E-state index in [1.165, 1.54) is 6.92 Å². The van der Waals surface area contributed by atoms with Gasteiger partial charge < -0.3 is 15.1 Å². The van der Waals surface area contributed by atoms with E-state index >= 15 is 0 Å². The van der Waals surface area contributed by atoms with Crippen LogP contribution in [0, 0.1) is 23.2 Å². The maximum Gasteiger partial charge on any atom is 0.242 e. The van der Waals surface area contributed by atoms with Gasteiger partial charge in [0, 0.05) is 38.4 Å². The molecule has 4 rings (SSSR count). The molecule has 3 heterocycles. The van der Waals surface area contributed by atoms with Crippen LogP contribution in [0.3, 0.4) is 0 Å². The summed E-state index contributed by atoms with van der Waals surface area (Å²) in [6.45, 7) is 3.65. The van der Waals surface area contributed by atoms with Gasteiger partial charge in [-0.3, -0.25) is 9.59 Å². The molecule has 1 aromatic heterocycles. The molecule has 0 radical (unpaired) electrons. The van der Waals surface area contributed by atoms with E-state index in [4.69, 9.17) is 5.26 Å². The molecule has 0 unspecified atom stereocenters. The van der Waals surface area contributed by atoms with Crippen LogP contribution >= 0.6 is 0 Å². The maximum atomic E-state index is 12.8. The summed E-state index contributed by atoms with van der Waals surface area (Å²) in [7, 11) is 0. The van der Waals surface area contributed by atoms with Gasteiger partial charge in [-0.25, -0.2) is 4.98 Å². The SMILES string of the molecule is CC(=O)NCC(=O)N1C[C@@H]2CN(c3cccc(C#N)n3)C[C@@H]2[C@H]1c1ccccc1. The lowest BCUT2D eigenvalue weighted by molar-refractivity contribution is -0.133. The molecule has 0 saturated carbocycles. The standard InChI is InChI=1S/C22H23N5O2/c1-15(28)24-11-21(29)27-13-17-12-26(20-9-5-8-18(10-23)25-20)14-19(17)22(27)16-6-3-2-4-7-16/h2-9,17,19,22H,11-14H2,1H3,(H,24,28)/t17-,19-,22+/m0/s1. The molecule has 0 bridgehead atoms. The van der Waals surface area contributed by atoms with Gasteiger partial charge in [0.05, 0.1) is 12.6 Å². The largest absolute Gasteiger partial charge is 0.356 e. The molecule has 7 heteroatoms. The van der Waals surface area contributed by atoms with E-state index in [1.807, 2.05) is 35.2 Å². The fourth-order valence-electron chi connectivity index (χ4n) is 4.53. The predicted octanol–water partition coefficient (Wildman–Crippen LogP) is 1.73. The Morgan fingerprint density at radius 1 is 1.14 bits per heavy atom. The number of likely N-dealkylation sites (tertiary alicyclic amines) is 1. The van der Waals surface area contributed by atoms with E-state index < -0.39 is 0 Å². The summed E-state index contributed by atoms with van der Waals surface area (Å²) in [4.78, 5) is 32.7. The van der Waals surface area contributed by atoms with E-state index in [0.717, 1.165) is 24.5 Å². The van der Waals surface area contributed by atoms with E-state index in [1.54, 1.807) is 6.07 Å². The third-order valence-electron chi connectivity index (χ3n) is 5.79. The second-order valence-corrected chi connectivity index (χ2v) is 7.63. The van der Waals surface area contributed by atoms with E-state index in [2.05, 4.69) is 33.4 Å².